The van der Waals surface area contributed by atoms with Crippen LogP contribution in [-0.4, -0.2) is 36.4 Å². The molecule has 1 heterocycles. The Bertz CT molecular complexity index is 411. The van der Waals surface area contributed by atoms with Crippen molar-refractivity contribution in [2.45, 2.75) is 26.2 Å². The van der Waals surface area contributed by atoms with Gasteiger partial charge in [-0.3, -0.25) is 4.79 Å². The van der Waals surface area contributed by atoms with Crippen molar-refractivity contribution in [2.75, 3.05) is 26.2 Å². The van der Waals surface area contributed by atoms with Gasteiger partial charge in [-0.15, -0.1) is 0 Å². The lowest BCUT2D eigenvalue weighted by Crippen LogP contribution is -3.00. The third-order valence-corrected chi connectivity index (χ3v) is 4.61. The molecule has 1 fully saturated rings. The second kappa shape index (κ2) is 7.55. The second-order valence-corrected chi connectivity index (χ2v) is 6.17. The maximum absolute atomic E-state index is 12.4. The van der Waals surface area contributed by atoms with Crippen molar-refractivity contribution in [2.24, 2.45) is 0 Å². The van der Waals surface area contributed by atoms with E-state index in [9.17, 15) is 4.79 Å². The molecule has 1 saturated heterocycles. The number of hydrogen-bond acceptors (Lipinski definition) is 1. The summed E-state index contributed by atoms with van der Waals surface area (Å²) in [4.78, 5) is 12.4. The van der Waals surface area contributed by atoms with Crippen LogP contribution in [0.2, 0.25) is 0 Å². The summed E-state index contributed by atoms with van der Waals surface area (Å²) in [6.45, 7) is 6.28. The van der Waals surface area contributed by atoms with Gasteiger partial charge in [0.15, 0.2) is 0 Å². The molecule has 0 aromatic heterocycles. The van der Waals surface area contributed by atoms with Gasteiger partial charge in [0.05, 0.1) is 19.6 Å². The summed E-state index contributed by atoms with van der Waals surface area (Å²) in [6.07, 6.45) is 3.86. The van der Waals surface area contributed by atoms with E-state index in [1.165, 1.54) is 32.4 Å². The SMILES string of the molecule is CC[N+]1(CC(=O)c2ccc(Br)cc2)CCCCC1.[Br-]. The average Bonchev–Trinajstić information content (AvgIpc) is 2.40. The maximum atomic E-state index is 12.4. The molecule has 0 saturated carbocycles. The Balaban J connectivity index is 0.00000180. The molecule has 0 amide bonds. The molecular weight excluding hydrogens is 370 g/mol. The Labute approximate surface area is 134 Å². The molecule has 1 aromatic rings. The zero-order valence-corrected chi connectivity index (χ0v) is 14.5. The largest absolute Gasteiger partial charge is 1.00 e. The quantitative estimate of drug-likeness (QED) is 0.545. The highest BCUT2D eigenvalue weighted by atomic mass is 79.9. The van der Waals surface area contributed by atoms with Gasteiger partial charge in [-0.1, -0.05) is 28.1 Å². The minimum atomic E-state index is 0. The number of piperidine rings is 1. The standard InChI is InChI=1S/C15H21BrNO.BrH/c1-2-17(10-4-3-5-11-17)12-15(18)13-6-8-14(16)9-7-13;/h6-9H,2-5,10-12H2,1H3;1H/q+1;/p-1. The minimum absolute atomic E-state index is 0. The van der Waals surface area contributed by atoms with E-state index in [0.29, 0.717) is 6.54 Å². The highest BCUT2D eigenvalue weighted by Gasteiger charge is 2.30. The fourth-order valence-electron chi connectivity index (χ4n) is 2.80. The molecule has 0 spiro atoms. The van der Waals surface area contributed by atoms with Crippen molar-refractivity contribution in [3.8, 4) is 0 Å². The van der Waals surface area contributed by atoms with Crippen molar-refractivity contribution in [1.29, 1.82) is 0 Å². The molecule has 1 aromatic carbocycles. The van der Waals surface area contributed by atoms with Gasteiger partial charge in [0.2, 0.25) is 5.78 Å². The third kappa shape index (κ3) is 4.40. The van der Waals surface area contributed by atoms with E-state index in [-0.39, 0.29) is 22.8 Å². The number of Topliss-reactive ketones (excluding diaryl/α,β-unsaturated/α-hetero) is 1. The lowest BCUT2D eigenvalue weighted by Gasteiger charge is -2.40. The Morgan fingerprint density at radius 2 is 1.74 bits per heavy atom. The summed E-state index contributed by atoms with van der Waals surface area (Å²) < 4.78 is 2.01. The molecule has 0 aliphatic carbocycles. The zero-order chi connectivity index (χ0) is 13.0. The molecule has 0 N–H and O–H groups in total. The molecule has 19 heavy (non-hydrogen) atoms. The van der Waals surface area contributed by atoms with E-state index in [2.05, 4.69) is 22.9 Å². The van der Waals surface area contributed by atoms with Crippen LogP contribution in [0.15, 0.2) is 28.7 Å². The van der Waals surface area contributed by atoms with Crippen LogP contribution in [0.1, 0.15) is 36.5 Å². The Kier molecular flexibility index (Phi) is 6.71. The van der Waals surface area contributed by atoms with Crippen molar-refractivity contribution in [3.63, 3.8) is 0 Å². The van der Waals surface area contributed by atoms with Crippen LogP contribution >= 0.6 is 15.9 Å². The molecule has 0 unspecified atom stereocenters. The van der Waals surface area contributed by atoms with E-state index in [1.54, 1.807) is 0 Å². The minimum Gasteiger partial charge on any atom is -1.00 e. The normalized spacial score (nSPS) is 17.6. The Morgan fingerprint density at radius 1 is 1.16 bits per heavy atom. The number of rotatable bonds is 4. The first-order valence-electron chi connectivity index (χ1n) is 6.79. The van der Waals surface area contributed by atoms with E-state index in [1.807, 2.05) is 24.3 Å². The smallest absolute Gasteiger partial charge is 0.216 e. The highest BCUT2D eigenvalue weighted by Crippen LogP contribution is 2.20. The first-order valence-corrected chi connectivity index (χ1v) is 7.58. The lowest BCUT2D eigenvalue weighted by atomic mass is 10.0. The summed E-state index contributed by atoms with van der Waals surface area (Å²) in [5, 5.41) is 0. The van der Waals surface area contributed by atoms with E-state index in [4.69, 9.17) is 0 Å². The van der Waals surface area contributed by atoms with E-state index >= 15 is 0 Å². The maximum Gasteiger partial charge on any atom is 0.216 e. The average molecular weight is 391 g/mol. The fraction of sp³-hybridized carbons (Fsp3) is 0.533. The number of nitrogens with zero attached hydrogens (tertiary/aromatic N) is 1. The van der Waals surface area contributed by atoms with Crippen LogP contribution in [0.4, 0.5) is 0 Å². The molecular formula is C15H21Br2NO. The first kappa shape index (κ1) is 16.9. The molecule has 106 valence electrons. The summed E-state index contributed by atoms with van der Waals surface area (Å²) in [7, 11) is 0. The molecule has 2 rings (SSSR count). The predicted molar refractivity (Wildman–Crippen MR) is 77.7 cm³/mol. The topological polar surface area (TPSA) is 17.1 Å². The molecule has 0 bridgehead atoms. The van der Waals surface area contributed by atoms with Gasteiger partial charge in [-0.2, -0.15) is 0 Å². The summed E-state index contributed by atoms with van der Waals surface area (Å²) >= 11 is 3.40. The Hall–Kier alpha value is -0.190. The van der Waals surface area contributed by atoms with Gasteiger partial charge in [-0.05, 0) is 38.3 Å². The monoisotopic (exact) mass is 389 g/mol. The van der Waals surface area contributed by atoms with Crippen molar-refractivity contribution < 1.29 is 26.3 Å². The summed E-state index contributed by atoms with van der Waals surface area (Å²) in [5.74, 6) is 0.284. The number of ketones is 1. The second-order valence-electron chi connectivity index (χ2n) is 5.25. The fourth-order valence-corrected chi connectivity index (χ4v) is 3.07. The van der Waals surface area contributed by atoms with Crippen LogP contribution < -0.4 is 17.0 Å². The number of carbonyl (C=O) groups is 1. The zero-order valence-electron chi connectivity index (χ0n) is 11.4. The summed E-state index contributed by atoms with van der Waals surface area (Å²) in [5.41, 5.74) is 0.842. The van der Waals surface area contributed by atoms with Gasteiger partial charge >= 0.3 is 0 Å². The highest BCUT2D eigenvalue weighted by molar-refractivity contribution is 9.10. The van der Waals surface area contributed by atoms with Gasteiger partial charge in [0.1, 0.15) is 6.54 Å². The number of likely N-dealkylation sites (tertiary alicyclic amines) is 1. The third-order valence-electron chi connectivity index (χ3n) is 4.08. The number of carbonyl (C=O) groups excluding carboxylic acids is 1. The summed E-state index contributed by atoms with van der Waals surface area (Å²) in [6, 6.07) is 7.73. The molecule has 1 aliphatic rings. The number of quaternary nitrogens is 1. The molecule has 1 aliphatic heterocycles. The van der Waals surface area contributed by atoms with Crippen molar-refractivity contribution in [1.82, 2.24) is 0 Å². The molecule has 2 nitrogen and oxygen atoms in total. The molecule has 0 radical (unpaired) electrons. The van der Waals surface area contributed by atoms with Crippen LogP contribution in [0.3, 0.4) is 0 Å². The number of benzene rings is 1. The Morgan fingerprint density at radius 3 is 2.26 bits per heavy atom. The first-order chi connectivity index (χ1) is 8.65. The van der Waals surface area contributed by atoms with Crippen molar-refractivity contribution in [3.05, 3.63) is 34.3 Å². The number of likely N-dealkylation sites (N-methyl/N-ethyl adjacent to an activating group) is 1. The predicted octanol–water partition coefficient (Wildman–Crippen LogP) is 0.656. The van der Waals surface area contributed by atoms with Gasteiger partial charge in [0.25, 0.3) is 0 Å². The van der Waals surface area contributed by atoms with Gasteiger partial charge in [0, 0.05) is 10.0 Å². The van der Waals surface area contributed by atoms with Gasteiger partial charge < -0.3 is 21.5 Å². The molecule has 0 atom stereocenters. The molecule has 4 heteroatoms. The van der Waals surface area contributed by atoms with Crippen LogP contribution in [0.5, 0.6) is 0 Å². The number of halogens is 2. The van der Waals surface area contributed by atoms with Crippen LogP contribution in [0, 0.1) is 0 Å². The lowest BCUT2D eigenvalue weighted by molar-refractivity contribution is -0.923. The van der Waals surface area contributed by atoms with E-state index in [0.717, 1.165) is 21.1 Å². The van der Waals surface area contributed by atoms with Gasteiger partial charge in [-0.25, -0.2) is 0 Å². The van der Waals surface area contributed by atoms with E-state index < -0.39 is 0 Å². The number of hydrogen-bond donors (Lipinski definition) is 0. The van der Waals surface area contributed by atoms with Crippen LogP contribution in [0.25, 0.3) is 0 Å². The van der Waals surface area contributed by atoms with Crippen molar-refractivity contribution >= 4 is 21.7 Å². The van der Waals surface area contributed by atoms with Crippen LogP contribution in [-0.2, 0) is 0 Å².